The molecule has 6 nitrogen and oxygen atoms in total. The molecular weight excluding hydrogens is 292 g/mol. The van der Waals surface area contributed by atoms with Crippen molar-refractivity contribution in [2.45, 2.75) is 51.1 Å². The van der Waals surface area contributed by atoms with Gasteiger partial charge in [0.15, 0.2) is 9.84 Å². The normalized spacial score (nSPS) is 32.5. The maximum atomic E-state index is 12.5. The predicted octanol–water partition coefficient (Wildman–Crippen LogP) is 1.02. The third kappa shape index (κ3) is 2.45. The van der Waals surface area contributed by atoms with Crippen LogP contribution in [-0.2, 0) is 14.6 Å². The Morgan fingerprint density at radius 3 is 2.62 bits per heavy atom. The van der Waals surface area contributed by atoms with E-state index in [1.54, 1.807) is 11.8 Å². The van der Waals surface area contributed by atoms with Gasteiger partial charge < -0.3 is 4.90 Å². The van der Waals surface area contributed by atoms with E-state index in [-0.39, 0.29) is 42.1 Å². The lowest BCUT2D eigenvalue weighted by Gasteiger charge is -2.30. The zero-order valence-electron chi connectivity index (χ0n) is 12.3. The fourth-order valence-corrected chi connectivity index (χ4v) is 4.70. The molecule has 0 unspecified atom stereocenters. The van der Waals surface area contributed by atoms with Crippen molar-refractivity contribution in [3.05, 3.63) is 0 Å². The molecule has 0 aromatic heterocycles. The van der Waals surface area contributed by atoms with Gasteiger partial charge in [0.1, 0.15) is 6.04 Å². The van der Waals surface area contributed by atoms with E-state index in [4.69, 9.17) is 0 Å². The van der Waals surface area contributed by atoms with Crippen LogP contribution < -0.4 is 0 Å². The standard InChI is InChI=1S/C14H22N2O4S/c1-2-21(19,20)8-7-15-13(17)12-9-10-5-3-4-6-11(10)16(12)14(15)18/h10-12H,2-9H2,1H3/t10-,11-,12-/m0/s1. The van der Waals surface area contributed by atoms with E-state index >= 15 is 0 Å². The van der Waals surface area contributed by atoms with Crippen LogP contribution in [0.25, 0.3) is 0 Å². The number of imide groups is 1. The first-order chi connectivity index (χ1) is 9.94. The number of amides is 3. The number of hydrogen-bond acceptors (Lipinski definition) is 4. The van der Waals surface area contributed by atoms with Crippen molar-refractivity contribution in [1.82, 2.24) is 9.80 Å². The molecule has 0 spiro atoms. The second kappa shape index (κ2) is 5.26. The first kappa shape index (κ1) is 14.8. The Bertz CT molecular complexity index is 559. The zero-order chi connectivity index (χ0) is 15.2. The number of nitrogens with zero attached hydrogens (tertiary/aromatic N) is 2. The number of urea groups is 1. The average Bonchev–Trinajstić information content (AvgIpc) is 2.95. The number of sulfone groups is 1. The van der Waals surface area contributed by atoms with E-state index in [1.807, 2.05) is 0 Å². The maximum absolute atomic E-state index is 12.5. The Kier molecular flexibility index (Phi) is 3.71. The first-order valence-electron chi connectivity index (χ1n) is 7.78. The Labute approximate surface area is 125 Å². The van der Waals surface area contributed by atoms with Crippen LogP contribution in [-0.4, -0.2) is 60.3 Å². The van der Waals surface area contributed by atoms with E-state index in [0.29, 0.717) is 5.92 Å². The van der Waals surface area contributed by atoms with Gasteiger partial charge in [0, 0.05) is 18.3 Å². The summed E-state index contributed by atoms with van der Waals surface area (Å²) < 4.78 is 23.2. The number of carbonyl (C=O) groups excluding carboxylic acids is 2. The third-order valence-electron chi connectivity index (χ3n) is 5.16. The van der Waals surface area contributed by atoms with Crippen molar-refractivity contribution in [2.75, 3.05) is 18.1 Å². The Morgan fingerprint density at radius 2 is 1.90 bits per heavy atom. The molecule has 0 aromatic rings. The number of hydrogen-bond donors (Lipinski definition) is 0. The molecule has 3 rings (SSSR count). The van der Waals surface area contributed by atoms with Gasteiger partial charge in [0.05, 0.1) is 5.75 Å². The summed E-state index contributed by atoms with van der Waals surface area (Å²) in [5.74, 6) is 0.176. The molecule has 0 bridgehead atoms. The summed E-state index contributed by atoms with van der Waals surface area (Å²) in [6.45, 7) is 1.58. The predicted molar refractivity (Wildman–Crippen MR) is 77.4 cm³/mol. The summed E-state index contributed by atoms with van der Waals surface area (Å²) in [5, 5.41) is 0. The van der Waals surface area contributed by atoms with Crippen LogP contribution in [0.1, 0.15) is 39.0 Å². The van der Waals surface area contributed by atoms with Gasteiger partial charge in [-0.1, -0.05) is 19.8 Å². The van der Waals surface area contributed by atoms with E-state index in [2.05, 4.69) is 0 Å². The van der Waals surface area contributed by atoms with E-state index in [0.717, 1.165) is 30.6 Å². The SMILES string of the molecule is CCS(=O)(=O)CCN1C(=O)[C@@H]2C[C@@H]3CCCC[C@@H]3N2C1=O. The van der Waals surface area contributed by atoms with Crippen molar-refractivity contribution >= 4 is 21.8 Å². The Hall–Kier alpha value is -1.11. The molecule has 118 valence electrons. The molecule has 0 radical (unpaired) electrons. The van der Waals surface area contributed by atoms with Crippen LogP contribution >= 0.6 is 0 Å². The highest BCUT2D eigenvalue weighted by atomic mass is 32.2. The molecule has 7 heteroatoms. The highest BCUT2D eigenvalue weighted by molar-refractivity contribution is 7.91. The minimum Gasteiger partial charge on any atom is -0.309 e. The van der Waals surface area contributed by atoms with Crippen molar-refractivity contribution in [3.63, 3.8) is 0 Å². The summed E-state index contributed by atoms with van der Waals surface area (Å²) in [5.41, 5.74) is 0. The molecule has 3 atom stereocenters. The number of rotatable bonds is 4. The van der Waals surface area contributed by atoms with Crippen LogP contribution in [0.5, 0.6) is 0 Å². The molecule has 2 saturated heterocycles. The van der Waals surface area contributed by atoms with Gasteiger partial charge in [-0.05, 0) is 25.2 Å². The highest BCUT2D eigenvalue weighted by Gasteiger charge is 2.55. The van der Waals surface area contributed by atoms with Gasteiger partial charge in [-0.25, -0.2) is 13.2 Å². The van der Waals surface area contributed by atoms with Crippen molar-refractivity contribution in [1.29, 1.82) is 0 Å². The minimum atomic E-state index is -3.17. The lowest BCUT2D eigenvalue weighted by Crippen LogP contribution is -2.42. The number of carbonyl (C=O) groups is 2. The lowest BCUT2D eigenvalue weighted by molar-refractivity contribution is -0.127. The van der Waals surface area contributed by atoms with Crippen molar-refractivity contribution in [3.8, 4) is 0 Å². The molecule has 1 aliphatic carbocycles. The fourth-order valence-electron chi connectivity index (χ4n) is 3.95. The number of fused-ring (bicyclic) bond motifs is 3. The monoisotopic (exact) mass is 314 g/mol. The van der Waals surface area contributed by atoms with E-state index in [1.165, 1.54) is 6.42 Å². The molecule has 3 amide bonds. The lowest BCUT2D eigenvalue weighted by atomic mass is 9.84. The zero-order valence-corrected chi connectivity index (χ0v) is 13.1. The second-order valence-corrected chi connectivity index (χ2v) is 8.75. The van der Waals surface area contributed by atoms with Gasteiger partial charge in [0.2, 0.25) is 0 Å². The van der Waals surface area contributed by atoms with Gasteiger partial charge in [0.25, 0.3) is 5.91 Å². The van der Waals surface area contributed by atoms with Gasteiger partial charge >= 0.3 is 6.03 Å². The van der Waals surface area contributed by atoms with Crippen LogP contribution in [0.4, 0.5) is 4.79 Å². The largest absolute Gasteiger partial charge is 0.327 e. The summed E-state index contributed by atoms with van der Waals surface area (Å²) in [4.78, 5) is 27.8. The molecule has 21 heavy (non-hydrogen) atoms. The molecule has 2 heterocycles. The molecule has 0 N–H and O–H groups in total. The van der Waals surface area contributed by atoms with Crippen LogP contribution in [0, 0.1) is 5.92 Å². The summed E-state index contributed by atoms with van der Waals surface area (Å²) in [6, 6.07) is -0.423. The van der Waals surface area contributed by atoms with Crippen LogP contribution in [0.3, 0.4) is 0 Å². The summed E-state index contributed by atoms with van der Waals surface area (Å²) >= 11 is 0. The van der Waals surface area contributed by atoms with Gasteiger partial charge in [-0.2, -0.15) is 0 Å². The molecule has 3 fully saturated rings. The second-order valence-electron chi connectivity index (χ2n) is 6.28. The Morgan fingerprint density at radius 1 is 1.19 bits per heavy atom. The molecule has 2 aliphatic heterocycles. The van der Waals surface area contributed by atoms with Crippen molar-refractivity contribution in [2.24, 2.45) is 5.92 Å². The smallest absolute Gasteiger partial charge is 0.309 e. The first-order valence-corrected chi connectivity index (χ1v) is 9.61. The van der Waals surface area contributed by atoms with E-state index in [9.17, 15) is 18.0 Å². The average molecular weight is 314 g/mol. The highest BCUT2D eigenvalue weighted by Crippen LogP contribution is 2.43. The molecule has 1 saturated carbocycles. The Balaban J connectivity index is 1.73. The van der Waals surface area contributed by atoms with Crippen LogP contribution in [0.2, 0.25) is 0 Å². The molecule has 3 aliphatic rings. The third-order valence-corrected chi connectivity index (χ3v) is 6.84. The van der Waals surface area contributed by atoms with Crippen LogP contribution in [0.15, 0.2) is 0 Å². The van der Waals surface area contributed by atoms with Gasteiger partial charge in [-0.3, -0.25) is 9.69 Å². The van der Waals surface area contributed by atoms with E-state index < -0.39 is 9.84 Å². The van der Waals surface area contributed by atoms with Crippen molar-refractivity contribution < 1.29 is 18.0 Å². The maximum Gasteiger partial charge on any atom is 0.327 e. The van der Waals surface area contributed by atoms with Gasteiger partial charge in [-0.15, -0.1) is 0 Å². The summed E-state index contributed by atoms with van der Waals surface area (Å²) in [6.07, 6.45) is 5.12. The topological polar surface area (TPSA) is 74.8 Å². The molecule has 0 aromatic carbocycles. The fraction of sp³-hybridized carbons (Fsp3) is 0.857. The minimum absolute atomic E-state index is 0.00176. The molecular formula is C14H22N2O4S. The quantitative estimate of drug-likeness (QED) is 0.726. The summed E-state index contributed by atoms with van der Waals surface area (Å²) in [7, 11) is -3.17.